The quantitative estimate of drug-likeness (QED) is 0.505. The normalized spacial score (nSPS) is 19.3. The first-order valence-electron chi connectivity index (χ1n) is 11.8. The second-order valence-corrected chi connectivity index (χ2v) is 9.92. The fourth-order valence-corrected chi connectivity index (χ4v) is 4.24. The standard InChI is InChI=1S/C25H30N8O2/c1-25(2,3)32-22-29-21(30-23(31-22)33-14-19-10-11-20(15-33)35-19)16-6-8-17(9-7-16)27-24(34)28-18-5-4-12-26-13-18/h4-9,12-13,19-20H,10-11,14-15H2,1-3H3,(H2,27,28,34)(H,29,30,31,32). The lowest BCUT2D eigenvalue weighted by Gasteiger charge is -2.32. The van der Waals surface area contributed by atoms with Crippen molar-refractivity contribution in [3.05, 3.63) is 48.8 Å². The summed E-state index contributed by atoms with van der Waals surface area (Å²) in [5.41, 5.74) is 1.91. The summed E-state index contributed by atoms with van der Waals surface area (Å²) >= 11 is 0. The zero-order chi connectivity index (χ0) is 24.4. The van der Waals surface area contributed by atoms with E-state index in [4.69, 9.17) is 14.7 Å². The highest BCUT2D eigenvalue weighted by Gasteiger charge is 2.35. The van der Waals surface area contributed by atoms with Gasteiger partial charge in [-0.05, 0) is 70.0 Å². The summed E-state index contributed by atoms with van der Waals surface area (Å²) in [4.78, 5) is 32.7. The van der Waals surface area contributed by atoms with E-state index < -0.39 is 0 Å². The summed E-state index contributed by atoms with van der Waals surface area (Å²) in [6.45, 7) is 7.78. The van der Waals surface area contributed by atoms with E-state index in [1.807, 2.05) is 24.3 Å². The van der Waals surface area contributed by atoms with Crippen molar-refractivity contribution in [1.82, 2.24) is 19.9 Å². The van der Waals surface area contributed by atoms with Gasteiger partial charge in [-0.1, -0.05) is 0 Å². The number of ether oxygens (including phenoxy) is 1. The average Bonchev–Trinajstić information content (AvgIpc) is 3.16. The van der Waals surface area contributed by atoms with Crippen LogP contribution in [0.25, 0.3) is 11.4 Å². The number of morpholine rings is 1. The molecule has 2 amide bonds. The van der Waals surface area contributed by atoms with E-state index in [1.165, 1.54) is 0 Å². The maximum absolute atomic E-state index is 12.3. The van der Waals surface area contributed by atoms with Crippen molar-refractivity contribution in [2.75, 3.05) is 33.9 Å². The molecular weight excluding hydrogens is 444 g/mol. The molecule has 2 bridgehead atoms. The number of hydrogen-bond donors (Lipinski definition) is 3. The van der Waals surface area contributed by atoms with Gasteiger partial charge in [-0.2, -0.15) is 15.0 Å². The Bertz CT molecular complexity index is 1170. The van der Waals surface area contributed by atoms with E-state index in [9.17, 15) is 4.79 Å². The van der Waals surface area contributed by atoms with Crippen LogP contribution in [0.3, 0.4) is 0 Å². The van der Waals surface area contributed by atoms with Gasteiger partial charge >= 0.3 is 6.03 Å². The van der Waals surface area contributed by atoms with Gasteiger partial charge in [0.05, 0.1) is 24.1 Å². The number of aromatic nitrogens is 4. The lowest BCUT2D eigenvalue weighted by Crippen LogP contribution is -2.43. The zero-order valence-electron chi connectivity index (χ0n) is 20.2. The zero-order valence-corrected chi connectivity index (χ0v) is 20.2. The molecule has 10 heteroatoms. The number of fused-ring (bicyclic) bond motifs is 2. The number of benzene rings is 1. The number of nitrogens with zero attached hydrogens (tertiary/aromatic N) is 5. The SMILES string of the molecule is CC(C)(C)Nc1nc(-c2ccc(NC(=O)Nc3cccnc3)cc2)nc(N2CC3CCC(C2)O3)n1. The van der Waals surface area contributed by atoms with Crippen LogP contribution < -0.4 is 20.9 Å². The molecule has 0 spiro atoms. The molecule has 0 aliphatic carbocycles. The molecule has 2 fully saturated rings. The van der Waals surface area contributed by atoms with Gasteiger partial charge in [0, 0.05) is 36.1 Å². The van der Waals surface area contributed by atoms with Crippen LogP contribution in [0.2, 0.25) is 0 Å². The molecule has 10 nitrogen and oxygen atoms in total. The van der Waals surface area contributed by atoms with Gasteiger partial charge in [0.1, 0.15) is 0 Å². The van der Waals surface area contributed by atoms with Crippen molar-refractivity contribution in [2.24, 2.45) is 0 Å². The molecule has 3 aromatic rings. The third kappa shape index (κ3) is 5.83. The number of nitrogens with one attached hydrogen (secondary N) is 3. The minimum absolute atomic E-state index is 0.199. The number of anilines is 4. The Morgan fingerprint density at radius 2 is 1.69 bits per heavy atom. The van der Waals surface area contributed by atoms with Gasteiger partial charge in [0.15, 0.2) is 5.82 Å². The van der Waals surface area contributed by atoms with Crippen LogP contribution in [0.15, 0.2) is 48.8 Å². The Morgan fingerprint density at radius 1 is 0.971 bits per heavy atom. The van der Waals surface area contributed by atoms with Gasteiger partial charge in [-0.25, -0.2) is 4.79 Å². The van der Waals surface area contributed by atoms with E-state index in [-0.39, 0.29) is 23.8 Å². The molecule has 182 valence electrons. The molecule has 1 aromatic carbocycles. The molecule has 5 rings (SSSR count). The highest BCUT2D eigenvalue weighted by atomic mass is 16.5. The first-order chi connectivity index (χ1) is 16.8. The third-order valence-electron chi connectivity index (χ3n) is 5.76. The lowest BCUT2D eigenvalue weighted by atomic mass is 10.1. The van der Waals surface area contributed by atoms with E-state index in [2.05, 4.69) is 51.6 Å². The molecule has 2 aliphatic heterocycles. The molecule has 2 aliphatic rings. The Labute approximate surface area is 204 Å². The molecule has 2 atom stereocenters. The van der Waals surface area contributed by atoms with Crippen LogP contribution in [0.5, 0.6) is 0 Å². The van der Waals surface area contributed by atoms with Crippen LogP contribution >= 0.6 is 0 Å². The van der Waals surface area contributed by atoms with E-state index in [0.29, 0.717) is 29.1 Å². The van der Waals surface area contributed by atoms with Crippen molar-refractivity contribution in [2.45, 2.75) is 51.4 Å². The number of carbonyl (C=O) groups is 1. The van der Waals surface area contributed by atoms with E-state index >= 15 is 0 Å². The predicted molar refractivity (Wildman–Crippen MR) is 136 cm³/mol. The lowest BCUT2D eigenvalue weighted by molar-refractivity contribution is 0.0299. The third-order valence-corrected chi connectivity index (χ3v) is 5.76. The molecule has 4 heterocycles. The summed E-state index contributed by atoms with van der Waals surface area (Å²) < 4.78 is 5.99. The van der Waals surface area contributed by atoms with Gasteiger partial charge in [-0.15, -0.1) is 0 Å². The molecular formula is C25H30N8O2. The van der Waals surface area contributed by atoms with Crippen molar-refractivity contribution in [1.29, 1.82) is 0 Å². The number of urea groups is 1. The van der Waals surface area contributed by atoms with Crippen LogP contribution in [0.1, 0.15) is 33.6 Å². The Kier molecular flexibility index (Phi) is 6.21. The second kappa shape index (κ2) is 9.46. The maximum Gasteiger partial charge on any atom is 0.323 e. The molecule has 0 saturated carbocycles. The summed E-state index contributed by atoms with van der Waals surface area (Å²) in [6.07, 6.45) is 5.86. The Balaban J connectivity index is 1.36. The largest absolute Gasteiger partial charge is 0.371 e. The van der Waals surface area contributed by atoms with Crippen molar-refractivity contribution in [3.63, 3.8) is 0 Å². The van der Waals surface area contributed by atoms with Crippen molar-refractivity contribution in [3.8, 4) is 11.4 Å². The Hall–Kier alpha value is -3.79. The Morgan fingerprint density at radius 3 is 2.34 bits per heavy atom. The van der Waals surface area contributed by atoms with Crippen LogP contribution in [0, 0.1) is 0 Å². The highest BCUT2D eigenvalue weighted by molar-refractivity contribution is 5.99. The van der Waals surface area contributed by atoms with Crippen LogP contribution in [0.4, 0.5) is 28.1 Å². The monoisotopic (exact) mass is 474 g/mol. The summed E-state index contributed by atoms with van der Waals surface area (Å²) in [5.74, 6) is 1.77. The number of carbonyl (C=O) groups excluding carboxylic acids is 1. The predicted octanol–water partition coefficient (Wildman–Crippen LogP) is 4.16. The van der Waals surface area contributed by atoms with E-state index in [1.54, 1.807) is 24.5 Å². The second-order valence-electron chi connectivity index (χ2n) is 9.92. The smallest absolute Gasteiger partial charge is 0.323 e. The van der Waals surface area contributed by atoms with E-state index in [0.717, 1.165) is 31.5 Å². The minimum atomic E-state index is -0.341. The fraction of sp³-hybridized carbons (Fsp3) is 0.400. The number of rotatable bonds is 5. The number of amides is 2. The first-order valence-corrected chi connectivity index (χ1v) is 11.8. The van der Waals surface area contributed by atoms with Gasteiger partial charge in [-0.3, -0.25) is 4.98 Å². The van der Waals surface area contributed by atoms with Crippen LogP contribution in [-0.2, 0) is 4.74 Å². The molecule has 2 saturated heterocycles. The molecule has 2 unspecified atom stereocenters. The first kappa shape index (κ1) is 23.0. The summed E-state index contributed by atoms with van der Waals surface area (Å²) in [5, 5.41) is 8.96. The van der Waals surface area contributed by atoms with Crippen LogP contribution in [-0.4, -0.2) is 56.8 Å². The van der Waals surface area contributed by atoms with Crippen molar-refractivity contribution < 1.29 is 9.53 Å². The molecule has 3 N–H and O–H groups in total. The van der Waals surface area contributed by atoms with Crippen molar-refractivity contribution >= 4 is 29.3 Å². The number of pyridine rings is 1. The topological polar surface area (TPSA) is 117 Å². The maximum atomic E-state index is 12.3. The summed E-state index contributed by atoms with van der Waals surface area (Å²) in [6, 6.07) is 10.6. The molecule has 35 heavy (non-hydrogen) atoms. The fourth-order valence-electron chi connectivity index (χ4n) is 4.24. The van der Waals surface area contributed by atoms with Gasteiger partial charge in [0.2, 0.25) is 11.9 Å². The highest BCUT2D eigenvalue weighted by Crippen LogP contribution is 2.30. The minimum Gasteiger partial charge on any atom is -0.371 e. The molecule has 2 aromatic heterocycles. The number of hydrogen-bond acceptors (Lipinski definition) is 8. The summed E-state index contributed by atoms with van der Waals surface area (Å²) in [7, 11) is 0. The van der Waals surface area contributed by atoms with Gasteiger partial charge < -0.3 is 25.6 Å². The van der Waals surface area contributed by atoms with Gasteiger partial charge in [0.25, 0.3) is 0 Å². The average molecular weight is 475 g/mol. The molecule has 0 radical (unpaired) electrons.